The van der Waals surface area contributed by atoms with Gasteiger partial charge in [0.1, 0.15) is 0 Å². The molecule has 3 N–H and O–H groups in total. The largest absolute Gasteiger partial charge is 0.465 e. The van der Waals surface area contributed by atoms with Gasteiger partial charge in [-0.25, -0.2) is 19.1 Å². The Balaban J connectivity index is 2.49. The summed E-state index contributed by atoms with van der Waals surface area (Å²) >= 11 is 3.32. The number of aromatic amines is 1. The number of pyridine rings is 1. The van der Waals surface area contributed by atoms with Crippen LogP contribution >= 0.6 is 15.9 Å². The van der Waals surface area contributed by atoms with E-state index in [0.717, 1.165) is 4.47 Å². The molecule has 8 heteroatoms. The van der Waals surface area contributed by atoms with Crippen LogP contribution in [0.5, 0.6) is 0 Å². The highest BCUT2D eigenvalue weighted by Gasteiger charge is 2.12. The van der Waals surface area contributed by atoms with Gasteiger partial charge >= 0.3 is 11.8 Å². The van der Waals surface area contributed by atoms with E-state index in [1.807, 2.05) is 0 Å². The van der Waals surface area contributed by atoms with Gasteiger partial charge in [-0.3, -0.25) is 5.32 Å². The van der Waals surface area contributed by atoms with Gasteiger partial charge in [0.05, 0.1) is 11.2 Å². The molecule has 3 aromatic rings. The lowest BCUT2D eigenvalue weighted by Crippen LogP contribution is -2.12. The summed E-state index contributed by atoms with van der Waals surface area (Å²) in [5, 5.41) is 17.9. The minimum absolute atomic E-state index is 0.351. The zero-order valence-electron chi connectivity index (χ0n) is 9.35. The molecule has 0 fully saturated rings. The van der Waals surface area contributed by atoms with Crippen molar-refractivity contribution in [3.05, 3.63) is 39.2 Å². The number of hydrogen-bond acceptors (Lipinski definition) is 3. The van der Waals surface area contributed by atoms with Gasteiger partial charge in [-0.15, -0.1) is 0 Å². The second kappa shape index (κ2) is 4.09. The first-order chi connectivity index (χ1) is 9.06. The Labute approximate surface area is 114 Å². The summed E-state index contributed by atoms with van der Waals surface area (Å²) < 4.78 is 2.17. The molecule has 0 aliphatic heterocycles. The maximum atomic E-state index is 11.7. The third-order valence-electron chi connectivity index (χ3n) is 2.70. The van der Waals surface area contributed by atoms with Gasteiger partial charge in [-0.05, 0) is 18.2 Å². The van der Waals surface area contributed by atoms with Crippen LogP contribution in [0.15, 0.2) is 33.5 Å². The number of anilines is 1. The van der Waals surface area contributed by atoms with E-state index in [9.17, 15) is 9.59 Å². The number of amides is 1. The van der Waals surface area contributed by atoms with Crippen LogP contribution in [-0.2, 0) is 0 Å². The summed E-state index contributed by atoms with van der Waals surface area (Å²) in [7, 11) is 0. The summed E-state index contributed by atoms with van der Waals surface area (Å²) in [4.78, 5) is 22.5. The average Bonchev–Trinajstić information content (AvgIpc) is 2.70. The van der Waals surface area contributed by atoms with E-state index < -0.39 is 6.09 Å². The van der Waals surface area contributed by atoms with Gasteiger partial charge in [0.15, 0.2) is 5.65 Å². The van der Waals surface area contributed by atoms with E-state index in [-0.39, 0.29) is 5.69 Å². The van der Waals surface area contributed by atoms with Crippen molar-refractivity contribution in [3.8, 4) is 0 Å². The molecule has 0 bridgehead atoms. The minimum atomic E-state index is -1.18. The summed E-state index contributed by atoms with van der Waals surface area (Å²) in [5.41, 5.74) is 0.922. The first-order valence-corrected chi connectivity index (χ1v) is 6.05. The predicted octanol–water partition coefficient (Wildman–Crippen LogP) is 2.03. The smallest absolute Gasteiger partial charge is 0.409 e. The number of aromatic nitrogens is 3. The number of hydrogen-bond donors (Lipinski definition) is 3. The quantitative estimate of drug-likeness (QED) is 0.638. The Bertz CT molecular complexity index is 867. The van der Waals surface area contributed by atoms with Gasteiger partial charge in [-0.1, -0.05) is 15.9 Å². The highest BCUT2D eigenvalue weighted by molar-refractivity contribution is 9.10. The molecular weight excluding hydrogens is 316 g/mol. The highest BCUT2D eigenvalue weighted by atomic mass is 79.9. The van der Waals surface area contributed by atoms with Gasteiger partial charge in [0.2, 0.25) is 0 Å². The third-order valence-corrected chi connectivity index (χ3v) is 3.20. The fourth-order valence-corrected chi connectivity index (χ4v) is 2.34. The van der Waals surface area contributed by atoms with E-state index in [4.69, 9.17) is 5.11 Å². The Morgan fingerprint density at radius 2 is 2.21 bits per heavy atom. The Kier molecular flexibility index (Phi) is 2.53. The summed E-state index contributed by atoms with van der Waals surface area (Å²) in [6.45, 7) is 0. The molecule has 0 spiro atoms. The van der Waals surface area contributed by atoms with Crippen LogP contribution in [0.25, 0.3) is 16.6 Å². The molecule has 1 amide bonds. The van der Waals surface area contributed by atoms with Crippen molar-refractivity contribution in [2.45, 2.75) is 0 Å². The van der Waals surface area contributed by atoms with E-state index in [2.05, 4.69) is 31.4 Å². The van der Waals surface area contributed by atoms with E-state index in [1.54, 1.807) is 18.2 Å². The number of fused-ring (bicyclic) bond motifs is 3. The molecule has 1 aromatic carbocycles. The van der Waals surface area contributed by atoms with Crippen LogP contribution in [0.1, 0.15) is 0 Å². The lowest BCUT2D eigenvalue weighted by Gasteiger charge is -2.08. The van der Waals surface area contributed by atoms with Crippen molar-refractivity contribution in [1.82, 2.24) is 14.6 Å². The maximum Gasteiger partial charge on any atom is 0.409 e. The van der Waals surface area contributed by atoms with Gasteiger partial charge < -0.3 is 5.11 Å². The molecule has 2 aromatic heterocycles. The molecule has 0 atom stereocenters. The molecule has 0 aliphatic carbocycles. The molecule has 0 unspecified atom stereocenters. The number of rotatable bonds is 1. The van der Waals surface area contributed by atoms with Gasteiger partial charge in [0, 0.05) is 15.9 Å². The third kappa shape index (κ3) is 1.85. The molecule has 0 aliphatic rings. The van der Waals surface area contributed by atoms with Gasteiger partial charge in [-0.2, -0.15) is 5.10 Å². The van der Waals surface area contributed by atoms with Crippen molar-refractivity contribution in [3.63, 3.8) is 0 Å². The average molecular weight is 323 g/mol. The molecule has 96 valence electrons. The number of carbonyl (C=O) groups is 1. The molecule has 0 saturated carbocycles. The van der Waals surface area contributed by atoms with Crippen molar-refractivity contribution in [2.75, 3.05) is 5.32 Å². The zero-order chi connectivity index (χ0) is 13.6. The normalized spacial score (nSPS) is 11.0. The monoisotopic (exact) mass is 322 g/mol. The SMILES string of the molecule is O=C(O)Nc1cc2n[nH]c(=O)n2c2ccc(Br)cc12. The van der Waals surface area contributed by atoms with Crippen molar-refractivity contribution in [1.29, 1.82) is 0 Å². The molecular formula is C11H7BrN4O3. The summed E-state index contributed by atoms with van der Waals surface area (Å²) in [5.74, 6) is 0. The lowest BCUT2D eigenvalue weighted by atomic mass is 10.2. The minimum Gasteiger partial charge on any atom is -0.465 e. The van der Waals surface area contributed by atoms with Crippen molar-refractivity contribution >= 4 is 44.3 Å². The fourth-order valence-electron chi connectivity index (χ4n) is 1.98. The van der Waals surface area contributed by atoms with Crippen LogP contribution in [0, 0.1) is 0 Å². The van der Waals surface area contributed by atoms with Crippen LogP contribution in [0.2, 0.25) is 0 Å². The Morgan fingerprint density at radius 3 is 2.95 bits per heavy atom. The summed E-state index contributed by atoms with van der Waals surface area (Å²) in [6, 6.07) is 6.72. The molecule has 0 radical (unpaired) electrons. The van der Waals surface area contributed by atoms with Gasteiger partial charge in [0.25, 0.3) is 0 Å². The number of halogens is 1. The van der Waals surface area contributed by atoms with Crippen molar-refractivity contribution < 1.29 is 9.90 Å². The van der Waals surface area contributed by atoms with Crippen molar-refractivity contribution in [2.24, 2.45) is 0 Å². The number of nitrogens with zero attached hydrogens (tertiary/aromatic N) is 2. The van der Waals surface area contributed by atoms with E-state index in [1.165, 1.54) is 10.5 Å². The Hall–Kier alpha value is -2.35. The zero-order valence-corrected chi connectivity index (χ0v) is 10.9. The van der Waals surface area contributed by atoms with Crippen LogP contribution in [0.4, 0.5) is 10.5 Å². The predicted molar refractivity (Wildman–Crippen MR) is 72.7 cm³/mol. The standard InChI is InChI=1S/C11H7BrN4O3/c12-5-1-2-8-6(3-5)7(13-11(18)19)4-9-14-15-10(17)16(8)9/h1-4,13H,(H,15,17)(H,18,19). The number of H-pyrrole nitrogens is 1. The summed E-state index contributed by atoms with van der Waals surface area (Å²) in [6.07, 6.45) is -1.18. The van der Waals surface area contributed by atoms with E-state index in [0.29, 0.717) is 22.2 Å². The number of benzene rings is 1. The second-order valence-electron chi connectivity index (χ2n) is 3.87. The molecule has 0 saturated heterocycles. The highest BCUT2D eigenvalue weighted by Crippen LogP contribution is 2.27. The van der Waals surface area contributed by atoms with E-state index >= 15 is 0 Å². The number of nitrogens with one attached hydrogen (secondary N) is 2. The Morgan fingerprint density at radius 1 is 1.42 bits per heavy atom. The molecule has 7 nitrogen and oxygen atoms in total. The molecule has 19 heavy (non-hydrogen) atoms. The topological polar surface area (TPSA) is 99.5 Å². The van der Waals surface area contributed by atoms with Crippen LogP contribution in [-0.4, -0.2) is 25.8 Å². The van der Waals surface area contributed by atoms with Crippen LogP contribution in [0.3, 0.4) is 0 Å². The van der Waals surface area contributed by atoms with Crippen LogP contribution < -0.4 is 11.0 Å². The molecule has 3 rings (SSSR count). The first-order valence-electron chi connectivity index (χ1n) is 5.25. The number of carboxylic acid groups (broad SMARTS) is 1. The second-order valence-corrected chi connectivity index (χ2v) is 4.79. The molecule has 2 heterocycles. The first kappa shape index (κ1) is 11.7. The fraction of sp³-hybridized carbons (Fsp3) is 0. The maximum absolute atomic E-state index is 11.7. The lowest BCUT2D eigenvalue weighted by molar-refractivity contribution is 0.210.